The second-order valence-corrected chi connectivity index (χ2v) is 16.6. The van der Waals surface area contributed by atoms with Gasteiger partial charge in [0.1, 0.15) is 42.8 Å². The number of carbonyl (C=O) groups excluding carboxylic acids is 9. The van der Waals surface area contributed by atoms with Crippen molar-refractivity contribution in [2.24, 2.45) is 17.4 Å². The number of carboxylic acids is 3. The highest BCUT2D eigenvalue weighted by molar-refractivity contribution is 5.98. The minimum absolute atomic E-state index is 0.0943. The molecule has 0 unspecified atom stereocenters. The third-order valence-electron chi connectivity index (χ3n) is 10.3. The first kappa shape index (κ1) is 59.1. The van der Waals surface area contributed by atoms with Crippen LogP contribution in [0.1, 0.15) is 64.0 Å². The average molecular weight is 999 g/mol. The smallest absolute Gasteiger partial charge is 0.322 e. The Bertz CT molecular complexity index is 2210. The predicted molar refractivity (Wildman–Crippen MR) is 248 cm³/mol. The molecule has 0 heterocycles. The van der Waals surface area contributed by atoms with Crippen LogP contribution in [0.2, 0.25) is 0 Å². The number of rotatable bonds is 31. The van der Waals surface area contributed by atoms with Crippen LogP contribution in [-0.2, 0) is 70.4 Å². The van der Waals surface area contributed by atoms with E-state index in [2.05, 4.69) is 37.2 Å². The molecular formula is C45H62N10O16. The van der Waals surface area contributed by atoms with Crippen molar-refractivity contribution >= 4 is 71.1 Å². The summed E-state index contributed by atoms with van der Waals surface area (Å²) in [6.07, 6.45) is -4.79. The number of carboxylic acid groups (broad SMARTS) is 3. The molecule has 0 saturated heterocycles. The average Bonchev–Trinajstić information content (AvgIpc) is 3.30. The van der Waals surface area contributed by atoms with E-state index in [4.69, 9.17) is 16.6 Å². The molecule has 16 N–H and O–H groups in total. The molecule has 0 aromatic heterocycles. The van der Waals surface area contributed by atoms with Gasteiger partial charge in [-0.3, -0.25) is 57.5 Å². The van der Waals surface area contributed by atoms with E-state index in [9.17, 15) is 72.9 Å². The van der Waals surface area contributed by atoms with Crippen LogP contribution in [0.5, 0.6) is 0 Å². The van der Waals surface area contributed by atoms with Gasteiger partial charge in [0.25, 0.3) is 0 Å². The van der Waals surface area contributed by atoms with Crippen LogP contribution in [0.3, 0.4) is 0 Å². The molecular weight excluding hydrogens is 937 g/mol. The van der Waals surface area contributed by atoms with E-state index in [1.807, 2.05) is 5.32 Å². The number of nitrogens with one attached hydrogen (secondary N) is 8. The zero-order valence-electron chi connectivity index (χ0n) is 39.2. The largest absolute Gasteiger partial charge is 0.481 e. The molecule has 26 heteroatoms. The molecule has 0 aliphatic heterocycles. The Morgan fingerprint density at radius 2 is 0.930 bits per heavy atom. The fourth-order valence-electron chi connectivity index (χ4n) is 6.57. The van der Waals surface area contributed by atoms with Crippen LogP contribution in [0, 0.1) is 5.92 Å². The first-order chi connectivity index (χ1) is 33.4. The third-order valence-corrected chi connectivity index (χ3v) is 10.3. The quantitative estimate of drug-likeness (QED) is 0.0340. The Balaban J connectivity index is 2.27. The van der Waals surface area contributed by atoms with Crippen molar-refractivity contribution in [2.45, 2.75) is 114 Å². The number of hydrogen-bond acceptors (Lipinski definition) is 14. The van der Waals surface area contributed by atoms with Gasteiger partial charge in [0.15, 0.2) is 0 Å². The molecule has 0 fully saturated rings. The van der Waals surface area contributed by atoms with E-state index < -0.39 is 164 Å². The summed E-state index contributed by atoms with van der Waals surface area (Å²) in [5, 5.41) is 56.4. The van der Waals surface area contributed by atoms with E-state index in [0.29, 0.717) is 5.56 Å². The van der Waals surface area contributed by atoms with Gasteiger partial charge in [0.05, 0.1) is 25.1 Å². The van der Waals surface area contributed by atoms with Gasteiger partial charge in [-0.15, -0.1) is 0 Å². The summed E-state index contributed by atoms with van der Waals surface area (Å²) >= 11 is 0. The molecule has 388 valence electrons. The number of aliphatic carboxylic acids is 3. The van der Waals surface area contributed by atoms with E-state index in [0.717, 1.165) is 12.5 Å². The van der Waals surface area contributed by atoms with Crippen LogP contribution < -0.4 is 54.0 Å². The summed E-state index contributed by atoms with van der Waals surface area (Å²) < 4.78 is 0. The van der Waals surface area contributed by atoms with Crippen LogP contribution >= 0.6 is 0 Å². The van der Waals surface area contributed by atoms with Crippen LogP contribution in [0.15, 0.2) is 60.7 Å². The predicted octanol–water partition coefficient (Wildman–Crippen LogP) is -4.33. The van der Waals surface area contributed by atoms with E-state index in [1.165, 1.54) is 13.8 Å². The fourth-order valence-corrected chi connectivity index (χ4v) is 6.57. The Morgan fingerprint density at radius 1 is 0.493 bits per heavy atom. The molecule has 9 amide bonds. The molecule has 8 atom stereocenters. The second kappa shape index (κ2) is 29.8. The molecule has 0 radical (unpaired) electrons. The molecule has 0 bridgehead atoms. The number of aliphatic hydroxyl groups excluding tert-OH is 1. The molecule has 0 saturated carbocycles. The van der Waals surface area contributed by atoms with Gasteiger partial charge in [0.2, 0.25) is 53.2 Å². The van der Waals surface area contributed by atoms with Gasteiger partial charge in [-0.25, -0.2) is 0 Å². The molecule has 2 rings (SSSR count). The fraction of sp³-hybridized carbons (Fsp3) is 0.467. The van der Waals surface area contributed by atoms with Gasteiger partial charge in [-0.1, -0.05) is 74.5 Å². The second-order valence-electron chi connectivity index (χ2n) is 16.6. The molecule has 71 heavy (non-hydrogen) atoms. The lowest BCUT2D eigenvalue weighted by molar-refractivity contribution is -0.139. The number of hydrogen-bond donors (Lipinski definition) is 14. The van der Waals surface area contributed by atoms with Crippen LogP contribution in [0.25, 0.3) is 0 Å². The lowest BCUT2D eigenvalue weighted by atomic mass is 9.99. The number of nitrogens with two attached hydrogens (primary N) is 2. The Hall–Kier alpha value is -8.00. The van der Waals surface area contributed by atoms with Crippen molar-refractivity contribution in [3.05, 3.63) is 71.8 Å². The summed E-state index contributed by atoms with van der Waals surface area (Å²) in [5.41, 5.74) is 12.4. The summed E-state index contributed by atoms with van der Waals surface area (Å²) in [5.74, 6) is -14.2. The standard InChI is InChI=1S/C45H62N10O16/c1-23(2)37(55-45(71)38(24(3)56)54-33(58)21-48-40(66)28(14-16-34(59)60)50-39(65)27(46)18-25-10-6-4-7-11-25)44(70)53-30(19-26-12-8-5-9-13-26)43(69)51-29(15-17-35(61)62)42(68)52-31(20-32(47)57)41(67)49-22-36(63)64/h4-13,23-24,27-31,37-38,56H,14-22,46H2,1-3H3,(H2,47,57)(H,48,66)(H,49,67)(H,50,65)(H,51,69)(H,52,68)(H,53,70)(H,54,58)(H,55,71)(H,59,60)(H,61,62)(H,63,64)/t24-,27+,28+,29+,30+,31+,37+,38+/m1/s1. The van der Waals surface area contributed by atoms with Gasteiger partial charge >= 0.3 is 17.9 Å². The van der Waals surface area contributed by atoms with Crippen molar-refractivity contribution in [2.75, 3.05) is 13.1 Å². The number of benzene rings is 2. The lowest BCUT2D eigenvalue weighted by Gasteiger charge is -2.29. The zero-order valence-corrected chi connectivity index (χ0v) is 39.2. The van der Waals surface area contributed by atoms with Crippen molar-refractivity contribution in [3.8, 4) is 0 Å². The Labute approximate surface area is 407 Å². The van der Waals surface area contributed by atoms with Crippen molar-refractivity contribution < 1.29 is 78.0 Å². The highest BCUT2D eigenvalue weighted by atomic mass is 16.4. The Kier molecular flexibility index (Phi) is 24.8. The van der Waals surface area contributed by atoms with Gasteiger partial charge in [-0.2, -0.15) is 0 Å². The third kappa shape index (κ3) is 22.3. The first-order valence-electron chi connectivity index (χ1n) is 22.2. The van der Waals surface area contributed by atoms with Crippen molar-refractivity contribution in [1.29, 1.82) is 0 Å². The summed E-state index contributed by atoms with van der Waals surface area (Å²) in [6, 6.07) is 5.97. The van der Waals surface area contributed by atoms with E-state index in [-0.39, 0.29) is 19.3 Å². The summed E-state index contributed by atoms with van der Waals surface area (Å²) in [7, 11) is 0. The minimum atomic E-state index is -1.76. The minimum Gasteiger partial charge on any atom is -0.481 e. The first-order valence-corrected chi connectivity index (χ1v) is 22.2. The molecule has 0 aliphatic rings. The number of primary amides is 1. The highest BCUT2D eigenvalue weighted by Gasteiger charge is 2.35. The molecule has 2 aromatic rings. The summed E-state index contributed by atoms with van der Waals surface area (Å²) in [4.78, 5) is 152. The maximum Gasteiger partial charge on any atom is 0.322 e. The number of carbonyl (C=O) groups is 12. The number of aliphatic hydroxyl groups is 1. The van der Waals surface area contributed by atoms with Crippen LogP contribution in [0.4, 0.5) is 0 Å². The van der Waals surface area contributed by atoms with Crippen molar-refractivity contribution in [1.82, 2.24) is 42.5 Å². The van der Waals surface area contributed by atoms with Gasteiger partial charge in [0, 0.05) is 19.3 Å². The molecule has 26 nitrogen and oxygen atoms in total. The normalized spacial score (nSPS) is 14.2. The number of amides is 9. The topological polar surface area (TPSA) is 434 Å². The molecule has 0 spiro atoms. The SMILES string of the molecule is CC(C)[C@H](NC(=O)[C@@H](NC(=O)CNC(=O)[C@H](CCC(=O)O)NC(=O)[C@@H](N)Cc1ccccc1)[C@@H](C)O)C(=O)N[C@@H](Cc1ccccc1)C(=O)N[C@@H](CCC(=O)O)C(=O)N[C@@H](CC(N)=O)C(=O)NCC(=O)O. The maximum atomic E-state index is 14.0. The van der Waals surface area contributed by atoms with E-state index in [1.54, 1.807) is 60.7 Å². The van der Waals surface area contributed by atoms with Gasteiger partial charge in [-0.05, 0) is 43.2 Å². The monoisotopic (exact) mass is 998 g/mol. The van der Waals surface area contributed by atoms with E-state index >= 15 is 0 Å². The lowest BCUT2D eigenvalue weighted by Crippen LogP contribution is -2.62. The van der Waals surface area contributed by atoms with Crippen molar-refractivity contribution in [3.63, 3.8) is 0 Å². The molecule has 0 aliphatic carbocycles. The molecule has 2 aromatic carbocycles. The maximum absolute atomic E-state index is 14.0. The zero-order chi connectivity index (χ0) is 53.4. The summed E-state index contributed by atoms with van der Waals surface area (Å²) in [6.45, 7) is 2.44. The highest BCUT2D eigenvalue weighted by Crippen LogP contribution is 2.10. The van der Waals surface area contributed by atoms with Gasteiger partial charge < -0.3 is 74.4 Å². The van der Waals surface area contributed by atoms with Crippen LogP contribution in [-0.4, -0.2) is 153 Å². The Morgan fingerprint density at radius 3 is 1.42 bits per heavy atom.